The molecule has 0 spiro atoms. The van der Waals surface area contributed by atoms with Gasteiger partial charge >= 0.3 is 5.97 Å². The van der Waals surface area contributed by atoms with Crippen molar-refractivity contribution in [1.82, 2.24) is 4.57 Å². The average molecular weight is 248 g/mol. The van der Waals surface area contributed by atoms with E-state index >= 15 is 0 Å². The van der Waals surface area contributed by atoms with Crippen molar-refractivity contribution in [3.63, 3.8) is 0 Å². The second kappa shape index (κ2) is 5.10. The van der Waals surface area contributed by atoms with Gasteiger partial charge in [0, 0.05) is 23.6 Å². The second-order valence-electron chi connectivity index (χ2n) is 4.02. The van der Waals surface area contributed by atoms with E-state index in [1.165, 1.54) is 7.11 Å². The lowest BCUT2D eigenvalue weighted by Crippen LogP contribution is -2.35. The summed E-state index contributed by atoms with van der Waals surface area (Å²) >= 11 is 0. The molecule has 1 heterocycles. The Labute approximate surface area is 105 Å². The molecule has 5 heteroatoms. The molecule has 0 amide bonds. The molecule has 1 aromatic carbocycles. The second-order valence-corrected chi connectivity index (χ2v) is 4.02. The van der Waals surface area contributed by atoms with Crippen LogP contribution in [0.4, 0.5) is 0 Å². The fourth-order valence-electron chi connectivity index (χ4n) is 1.90. The van der Waals surface area contributed by atoms with Gasteiger partial charge < -0.3 is 19.8 Å². The van der Waals surface area contributed by atoms with E-state index in [2.05, 4.69) is 4.74 Å². The highest BCUT2D eigenvalue weighted by Gasteiger charge is 2.15. The summed E-state index contributed by atoms with van der Waals surface area (Å²) in [6, 6.07) is 7.06. The number of carbonyl (C=O) groups is 1. The first-order valence-corrected chi connectivity index (χ1v) is 5.62. The van der Waals surface area contributed by atoms with Gasteiger partial charge in [-0.05, 0) is 24.3 Å². The third-order valence-corrected chi connectivity index (χ3v) is 2.88. The molecule has 96 valence electrons. The number of rotatable bonds is 4. The van der Waals surface area contributed by atoms with Crippen LogP contribution in [0.3, 0.4) is 0 Å². The summed E-state index contributed by atoms with van der Waals surface area (Å²) in [6.07, 6.45) is 1.90. The number of hydrogen-bond acceptors (Lipinski definition) is 4. The lowest BCUT2D eigenvalue weighted by atomic mass is 10.2. The number of carbonyl (C=O) groups excluding carboxylic acids is 1. The number of aromatic nitrogens is 1. The van der Waals surface area contributed by atoms with Gasteiger partial charge in [0.15, 0.2) is 0 Å². The number of nitrogens with two attached hydrogens (primary N) is 1. The smallest absolute Gasteiger partial charge is 0.324 e. The molecule has 1 aromatic heterocycles. The molecule has 5 nitrogen and oxygen atoms in total. The normalized spacial score (nSPS) is 12.4. The molecule has 2 rings (SSSR count). The van der Waals surface area contributed by atoms with Crippen molar-refractivity contribution in [2.45, 2.75) is 12.6 Å². The van der Waals surface area contributed by atoms with Crippen LogP contribution in [0.1, 0.15) is 0 Å². The molecular formula is C13H16N2O3. The van der Waals surface area contributed by atoms with Gasteiger partial charge in [0.1, 0.15) is 11.8 Å². The zero-order valence-corrected chi connectivity index (χ0v) is 10.4. The minimum Gasteiger partial charge on any atom is -0.497 e. The minimum absolute atomic E-state index is 0.391. The van der Waals surface area contributed by atoms with Crippen LogP contribution in [0.5, 0.6) is 5.75 Å². The molecule has 0 aliphatic rings. The number of hydrogen-bond donors (Lipinski definition) is 1. The molecule has 0 radical (unpaired) electrons. The van der Waals surface area contributed by atoms with Gasteiger partial charge in [0.05, 0.1) is 14.2 Å². The molecule has 0 saturated heterocycles. The van der Waals surface area contributed by atoms with Crippen molar-refractivity contribution in [2.24, 2.45) is 5.73 Å². The van der Waals surface area contributed by atoms with Crippen molar-refractivity contribution in [2.75, 3.05) is 14.2 Å². The van der Waals surface area contributed by atoms with Crippen LogP contribution in [0.25, 0.3) is 10.9 Å². The molecule has 0 saturated carbocycles. The molecule has 1 atom stereocenters. The van der Waals surface area contributed by atoms with Gasteiger partial charge in [0.2, 0.25) is 0 Å². The Morgan fingerprint density at radius 3 is 2.83 bits per heavy atom. The Kier molecular flexibility index (Phi) is 3.53. The Bertz CT molecular complexity index is 562. The molecular weight excluding hydrogens is 232 g/mol. The highest BCUT2D eigenvalue weighted by molar-refractivity contribution is 5.82. The van der Waals surface area contributed by atoms with Gasteiger partial charge in [0.25, 0.3) is 0 Å². The summed E-state index contributed by atoms with van der Waals surface area (Å²) in [4.78, 5) is 11.3. The topological polar surface area (TPSA) is 66.5 Å². The number of methoxy groups -OCH3 is 2. The van der Waals surface area contributed by atoms with Crippen molar-refractivity contribution >= 4 is 16.9 Å². The minimum atomic E-state index is -0.660. The summed E-state index contributed by atoms with van der Waals surface area (Å²) < 4.78 is 11.7. The molecule has 0 bridgehead atoms. The maximum absolute atomic E-state index is 11.3. The molecule has 0 unspecified atom stereocenters. The van der Waals surface area contributed by atoms with E-state index in [4.69, 9.17) is 10.5 Å². The largest absolute Gasteiger partial charge is 0.497 e. The molecule has 0 aliphatic carbocycles. The van der Waals surface area contributed by atoms with E-state index in [9.17, 15) is 4.79 Å². The zero-order chi connectivity index (χ0) is 13.1. The number of nitrogens with zero attached hydrogens (tertiary/aromatic N) is 1. The third kappa shape index (κ3) is 2.31. The Balaban J connectivity index is 2.27. The third-order valence-electron chi connectivity index (χ3n) is 2.88. The predicted octanol–water partition coefficient (Wildman–Crippen LogP) is 1.15. The standard InChI is InChI=1S/C13H16N2O3/c1-17-10-3-4-12-9(7-10)5-6-15(12)8-11(14)13(16)18-2/h3-7,11H,8,14H2,1-2H3/t11-/m0/s1. The Hall–Kier alpha value is -2.01. The van der Waals surface area contributed by atoms with E-state index in [-0.39, 0.29) is 0 Å². The molecule has 2 N–H and O–H groups in total. The summed E-state index contributed by atoms with van der Waals surface area (Å²) in [7, 11) is 2.96. The number of benzene rings is 1. The average Bonchev–Trinajstić information content (AvgIpc) is 2.80. The summed E-state index contributed by atoms with van der Waals surface area (Å²) in [6.45, 7) is 0.391. The van der Waals surface area contributed by atoms with Crippen molar-refractivity contribution in [3.8, 4) is 5.75 Å². The van der Waals surface area contributed by atoms with Crippen LogP contribution in [0.15, 0.2) is 30.5 Å². The fraction of sp³-hybridized carbons (Fsp3) is 0.308. The maximum Gasteiger partial charge on any atom is 0.324 e. The first-order chi connectivity index (χ1) is 8.65. The quantitative estimate of drug-likeness (QED) is 0.824. The van der Waals surface area contributed by atoms with E-state index < -0.39 is 12.0 Å². The fourth-order valence-corrected chi connectivity index (χ4v) is 1.90. The van der Waals surface area contributed by atoms with Crippen LogP contribution in [-0.2, 0) is 16.1 Å². The Morgan fingerprint density at radius 1 is 1.39 bits per heavy atom. The van der Waals surface area contributed by atoms with E-state index in [0.29, 0.717) is 6.54 Å². The lowest BCUT2D eigenvalue weighted by Gasteiger charge is -2.11. The molecule has 18 heavy (non-hydrogen) atoms. The lowest BCUT2D eigenvalue weighted by molar-refractivity contribution is -0.142. The number of ether oxygens (including phenoxy) is 2. The monoisotopic (exact) mass is 248 g/mol. The van der Waals surface area contributed by atoms with Crippen molar-refractivity contribution in [1.29, 1.82) is 0 Å². The van der Waals surface area contributed by atoms with Gasteiger partial charge in [-0.2, -0.15) is 0 Å². The molecule has 2 aromatic rings. The van der Waals surface area contributed by atoms with Crippen LogP contribution >= 0.6 is 0 Å². The van der Waals surface area contributed by atoms with Crippen LogP contribution in [0, 0.1) is 0 Å². The highest BCUT2D eigenvalue weighted by atomic mass is 16.5. The summed E-state index contributed by atoms with van der Waals surface area (Å²) in [5.41, 5.74) is 6.76. The first-order valence-electron chi connectivity index (χ1n) is 5.62. The summed E-state index contributed by atoms with van der Waals surface area (Å²) in [5, 5.41) is 1.05. The molecule has 0 fully saturated rings. The van der Waals surface area contributed by atoms with Gasteiger partial charge in [-0.3, -0.25) is 4.79 Å². The zero-order valence-electron chi connectivity index (χ0n) is 10.4. The van der Waals surface area contributed by atoms with Crippen molar-refractivity contribution in [3.05, 3.63) is 30.5 Å². The van der Waals surface area contributed by atoms with Crippen LogP contribution in [-0.4, -0.2) is 30.8 Å². The predicted molar refractivity (Wildman–Crippen MR) is 68.5 cm³/mol. The van der Waals surface area contributed by atoms with Gasteiger partial charge in [-0.1, -0.05) is 0 Å². The number of fused-ring (bicyclic) bond motifs is 1. The molecule has 0 aliphatic heterocycles. The van der Waals surface area contributed by atoms with E-state index in [1.54, 1.807) is 7.11 Å². The number of esters is 1. The van der Waals surface area contributed by atoms with Gasteiger partial charge in [-0.15, -0.1) is 0 Å². The Morgan fingerprint density at radius 2 is 2.17 bits per heavy atom. The highest BCUT2D eigenvalue weighted by Crippen LogP contribution is 2.21. The van der Waals surface area contributed by atoms with Crippen LogP contribution < -0.4 is 10.5 Å². The SMILES string of the molecule is COC(=O)[C@@H](N)Cn1ccc2cc(OC)ccc21. The first kappa shape index (κ1) is 12.4. The van der Waals surface area contributed by atoms with Crippen molar-refractivity contribution < 1.29 is 14.3 Å². The maximum atomic E-state index is 11.3. The van der Waals surface area contributed by atoms with Gasteiger partial charge in [-0.25, -0.2) is 0 Å². The van der Waals surface area contributed by atoms with E-state index in [1.807, 2.05) is 35.0 Å². The van der Waals surface area contributed by atoms with E-state index in [0.717, 1.165) is 16.7 Å². The summed E-state index contributed by atoms with van der Waals surface area (Å²) in [5.74, 6) is 0.392. The van der Waals surface area contributed by atoms with Crippen LogP contribution in [0.2, 0.25) is 0 Å².